The number of amides is 2. The summed E-state index contributed by atoms with van der Waals surface area (Å²) >= 11 is 0. The number of nitrogens with two attached hydrogens (primary N) is 1. The third-order valence-corrected chi connectivity index (χ3v) is 5.40. The Morgan fingerprint density at radius 2 is 1.79 bits per heavy atom. The summed E-state index contributed by atoms with van der Waals surface area (Å²) < 4.78 is 0. The van der Waals surface area contributed by atoms with Crippen LogP contribution >= 0.6 is 0 Å². The second kappa shape index (κ2) is 9.02. The first kappa shape index (κ1) is 20.1. The van der Waals surface area contributed by atoms with E-state index in [-0.39, 0.29) is 18.4 Å². The summed E-state index contributed by atoms with van der Waals surface area (Å²) in [5.41, 5.74) is 10.4. The van der Waals surface area contributed by atoms with Crippen molar-refractivity contribution in [3.05, 3.63) is 70.8 Å². The molecule has 1 aliphatic heterocycles. The molecule has 3 N–H and O–H groups in total. The molecule has 2 aromatic carbocycles. The van der Waals surface area contributed by atoms with Crippen molar-refractivity contribution in [3.8, 4) is 0 Å². The molecule has 0 radical (unpaired) electrons. The van der Waals surface area contributed by atoms with Crippen molar-refractivity contribution < 1.29 is 9.59 Å². The van der Waals surface area contributed by atoms with E-state index in [0.29, 0.717) is 25.4 Å². The standard InChI is InChI=1S/C23H29N3O2/c1-16(2)18-9-7-17(8-10-18)11-12-25-22(27)15-26-14-20-6-4-3-5-19(20)13-21(26)23(24)28/h3-10,16,21H,11-15H2,1-2H3,(H2,24,28)(H,25,27)/t21-/m1/s1. The molecule has 0 bridgehead atoms. The van der Waals surface area contributed by atoms with E-state index in [0.717, 1.165) is 17.5 Å². The Kier molecular flexibility index (Phi) is 6.47. The Labute approximate surface area is 166 Å². The average molecular weight is 380 g/mol. The van der Waals surface area contributed by atoms with Gasteiger partial charge in [-0.3, -0.25) is 14.5 Å². The first-order chi connectivity index (χ1) is 13.4. The van der Waals surface area contributed by atoms with Crippen LogP contribution in [-0.2, 0) is 29.0 Å². The fraction of sp³-hybridized carbons (Fsp3) is 0.391. The van der Waals surface area contributed by atoms with Crippen molar-refractivity contribution in [2.75, 3.05) is 13.1 Å². The van der Waals surface area contributed by atoms with Gasteiger partial charge in [0.05, 0.1) is 12.6 Å². The number of fused-ring (bicyclic) bond motifs is 1. The molecule has 28 heavy (non-hydrogen) atoms. The van der Waals surface area contributed by atoms with Crippen LogP contribution in [0.15, 0.2) is 48.5 Å². The topological polar surface area (TPSA) is 75.4 Å². The zero-order valence-corrected chi connectivity index (χ0v) is 16.7. The van der Waals surface area contributed by atoms with Crippen LogP contribution in [0.4, 0.5) is 0 Å². The molecule has 0 fully saturated rings. The van der Waals surface area contributed by atoms with E-state index in [4.69, 9.17) is 5.73 Å². The number of benzene rings is 2. The predicted molar refractivity (Wildman–Crippen MR) is 111 cm³/mol. The van der Waals surface area contributed by atoms with E-state index in [2.05, 4.69) is 43.4 Å². The van der Waals surface area contributed by atoms with E-state index >= 15 is 0 Å². The van der Waals surface area contributed by atoms with Gasteiger partial charge >= 0.3 is 0 Å². The number of hydrogen-bond donors (Lipinski definition) is 2. The van der Waals surface area contributed by atoms with Crippen molar-refractivity contribution >= 4 is 11.8 Å². The van der Waals surface area contributed by atoms with Gasteiger partial charge in [0.2, 0.25) is 11.8 Å². The van der Waals surface area contributed by atoms with E-state index in [1.807, 2.05) is 29.2 Å². The highest BCUT2D eigenvalue weighted by atomic mass is 16.2. The Hall–Kier alpha value is -2.66. The van der Waals surface area contributed by atoms with Gasteiger partial charge in [0.25, 0.3) is 0 Å². The molecule has 0 aliphatic carbocycles. The quantitative estimate of drug-likeness (QED) is 0.776. The minimum absolute atomic E-state index is 0.0792. The van der Waals surface area contributed by atoms with Crippen molar-refractivity contribution in [1.29, 1.82) is 0 Å². The van der Waals surface area contributed by atoms with Crippen molar-refractivity contribution in [2.45, 2.75) is 45.2 Å². The smallest absolute Gasteiger partial charge is 0.235 e. The normalized spacial score (nSPS) is 16.6. The lowest BCUT2D eigenvalue weighted by Gasteiger charge is -2.34. The van der Waals surface area contributed by atoms with Crippen LogP contribution in [0, 0.1) is 0 Å². The maximum absolute atomic E-state index is 12.4. The summed E-state index contributed by atoms with van der Waals surface area (Å²) in [4.78, 5) is 26.2. The highest BCUT2D eigenvalue weighted by Crippen LogP contribution is 2.22. The number of nitrogens with one attached hydrogen (secondary N) is 1. The van der Waals surface area contributed by atoms with Crippen LogP contribution in [0.5, 0.6) is 0 Å². The van der Waals surface area contributed by atoms with Gasteiger partial charge in [0.15, 0.2) is 0 Å². The van der Waals surface area contributed by atoms with Crippen LogP contribution in [0.25, 0.3) is 0 Å². The van der Waals surface area contributed by atoms with Gasteiger partial charge in [-0.15, -0.1) is 0 Å². The molecule has 0 spiro atoms. The van der Waals surface area contributed by atoms with Crippen molar-refractivity contribution in [3.63, 3.8) is 0 Å². The minimum Gasteiger partial charge on any atom is -0.368 e. The number of hydrogen-bond acceptors (Lipinski definition) is 3. The molecule has 1 aliphatic rings. The lowest BCUT2D eigenvalue weighted by molar-refractivity contribution is -0.127. The first-order valence-corrected chi connectivity index (χ1v) is 9.89. The maximum Gasteiger partial charge on any atom is 0.235 e. The minimum atomic E-state index is -0.441. The molecule has 5 nitrogen and oxygen atoms in total. The fourth-order valence-electron chi connectivity index (χ4n) is 3.68. The molecule has 0 saturated carbocycles. The molecule has 0 unspecified atom stereocenters. The fourth-order valence-corrected chi connectivity index (χ4v) is 3.68. The summed E-state index contributed by atoms with van der Waals surface area (Å²) in [6.07, 6.45) is 1.34. The summed E-state index contributed by atoms with van der Waals surface area (Å²) in [6.45, 7) is 5.66. The second-order valence-electron chi connectivity index (χ2n) is 7.79. The second-order valence-corrected chi connectivity index (χ2v) is 7.79. The largest absolute Gasteiger partial charge is 0.368 e. The molecule has 2 amide bonds. The Morgan fingerprint density at radius 3 is 2.43 bits per heavy atom. The third-order valence-electron chi connectivity index (χ3n) is 5.40. The predicted octanol–water partition coefficient (Wildman–Crippen LogP) is 2.38. The zero-order valence-electron chi connectivity index (χ0n) is 16.7. The number of carbonyl (C=O) groups excluding carboxylic acids is 2. The molecule has 1 heterocycles. The number of rotatable bonds is 7. The highest BCUT2D eigenvalue weighted by Gasteiger charge is 2.31. The molecular weight excluding hydrogens is 350 g/mol. The van der Waals surface area contributed by atoms with Crippen molar-refractivity contribution in [1.82, 2.24) is 10.2 Å². The molecule has 0 aromatic heterocycles. The van der Waals surface area contributed by atoms with E-state index in [1.54, 1.807) is 0 Å². The van der Waals surface area contributed by atoms with Gasteiger partial charge in [0.1, 0.15) is 0 Å². The number of carbonyl (C=O) groups is 2. The van der Waals surface area contributed by atoms with E-state index < -0.39 is 6.04 Å². The van der Waals surface area contributed by atoms with Gasteiger partial charge in [-0.25, -0.2) is 0 Å². The number of nitrogens with zero attached hydrogens (tertiary/aromatic N) is 1. The number of primary amides is 1. The molecule has 2 aromatic rings. The van der Waals surface area contributed by atoms with E-state index in [1.165, 1.54) is 11.1 Å². The third kappa shape index (κ3) is 4.98. The Morgan fingerprint density at radius 1 is 1.11 bits per heavy atom. The molecule has 0 saturated heterocycles. The molecule has 148 valence electrons. The molecule has 1 atom stereocenters. The molecule has 5 heteroatoms. The van der Waals surface area contributed by atoms with Crippen LogP contribution in [0.1, 0.15) is 42.0 Å². The maximum atomic E-state index is 12.4. The molecule has 3 rings (SSSR count). The van der Waals surface area contributed by atoms with Gasteiger partial charge in [-0.2, -0.15) is 0 Å². The van der Waals surface area contributed by atoms with Gasteiger partial charge in [-0.05, 0) is 41.0 Å². The van der Waals surface area contributed by atoms with Gasteiger partial charge in [-0.1, -0.05) is 62.4 Å². The zero-order chi connectivity index (χ0) is 20.1. The lowest BCUT2D eigenvalue weighted by Crippen LogP contribution is -2.51. The van der Waals surface area contributed by atoms with Crippen molar-refractivity contribution in [2.24, 2.45) is 5.73 Å². The van der Waals surface area contributed by atoms with Crippen LogP contribution in [-0.4, -0.2) is 35.8 Å². The van der Waals surface area contributed by atoms with Crippen LogP contribution in [0.3, 0.4) is 0 Å². The molecular formula is C23H29N3O2. The lowest BCUT2D eigenvalue weighted by atomic mass is 9.93. The summed E-state index contributed by atoms with van der Waals surface area (Å²) in [5, 5.41) is 2.97. The Bertz CT molecular complexity index is 830. The Balaban J connectivity index is 1.52. The van der Waals surface area contributed by atoms with Gasteiger partial charge in [0, 0.05) is 13.1 Å². The first-order valence-electron chi connectivity index (χ1n) is 9.89. The van der Waals surface area contributed by atoms with Crippen LogP contribution in [0.2, 0.25) is 0 Å². The SMILES string of the molecule is CC(C)c1ccc(CCNC(=O)CN2Cc3ccccc3C[C@@H]2C(N)=O)cc1. The van der Waals surface area contributed by atoms with Gasteiger partial charge < -0.3 is 11.1 Å². The average Bonchev–Trinajstić information content (AvgIpc) is 2.67. The summed E-state index contributed by atoms with van der Waals surface area (Å²) in [5.74, 6) is 0.0543. The summed E-state index contributed by atoms with van der Waals surface area (Å²) in [6, 6.07) is 16.1. The summed E-state index contributed by atoms with van der Waals surface area (Å²) in [7, 11) is 0. The highest BCUT2D eigenvalue weighted by molar-refractivity contribution is 5.83. The monoisotopic (exact) mass is 379 g/mol. The van der Waals surface area contributed by atoms with Crippen LogP contribution < -0.4 is 11.1 Å². The van der Waals surface area contributed by atoms with E-state index in [9.17, 15) is 9.59 Å².